The number of hydrogen-bond acceptors (Lipinski definition) is 3. The second kappa shape index (κ2) is 5.00. The third kappa shape index (κ3) is 2.27. The van der Waals surface area contributed by atoms with Crippen molar-refractivity contribution in [3.8, 4) is 0 Å². The molecule has 2 aromatic rings. The minimum atomic E-state index is -0.0893. The maximum absolute atomic E-state index is 12.2. The van der Waals surface area contributed by atoms with Gasteiger partial charge in [-0.3, -0.25) is 9.78 Å². The van der Waals surface area contributed by atoms with E-state index >= 15 is 0 Å². The Kier molecular flexibility index (Phi) is 3.18. The molecule has 0 aliphatic carbocycles. The van der Waals surface area contributed by atoms with Gasteiger partial charge in [0.1, 0.15) is 6.04 Å². The van der Waals surface area contributed by atoms with E-state index in [0.717, 1.165) is 35.1 Å². The molecule has 0 saturated carbocycles. The number of nitrogens with zero attached hydrogens (tertiary/aromatic N) is 2. The van der Waals surface area contributed by atoms with Crippen LogP contribution in [0, 0.1) is 0 Å². The van der Waals surface area contributed by atoms with Gasteiger partial charge in [0.05, 0.1) is 6.54 Å². The molecule has 1 atom stereocenters. The third-order valence-electron chi connectivity index (χ3n) is 3.91. The number of rotatable bonds is 3. The summed E-state index contributed by atoms with van der Waals surface area (Å²) < 4.78 is 0. The number of fused-ring (bicyclic) bond motifs is 1. The number of aromatic nitrogens is 2. The number of H-pyrrole nitrogens is 1. The van der Waals surface area contributed by atoms with Crippen molar-refractivity contribution in [2.24, 2.45) is 0 Å². The molecule has 20 heavy (non-hydrogen) atoms. The number of nitrogens with one attached hydrogen (secondary N) is 2. The molecule has 1 aliphatic rings. The van der Waals surface area contributed by atoms with Crippen LogP contribution in [0.5, 0.6) is 0 Å². The van der Waals surface area contributed by atoms with Crippen LogP contribution in [0.1, 0.15) is 18.5 Å². The molecule has 3 heterocycles. The van der Waals surface area contributed by atoms with Crippen molar-refractivity contribution in [3.05, 3.63) is 42.5 Å². The number of hydrogen-bond donors (Lipinski definition) is 2. The minimum absolute atomic E-state index is 0.0583. The first-order chi connectivity index (χ1) is 9.65. The molecule has 1 fully saturated rings. The van der Waals surface area contributed by atoms with E-state index in [1.807, 2.05) is 30.3 Å². The lowest BCUT2D eigenvalue weighted by Crippen LogP contribution is -2.40. The molecular weight excluding hydrogens is 252 g/mol. The van der Waals surface area contributed by atoms with E-state index in [1.54, 1.807) is 6.20 Å². The lowest BCUT2D eigenvalue weighted by Gasteiger charge is -2.21. The molecule has 2 aromatic heterocycles. The quantitative estimate of drug-likeness (QED) is 0.894. The fourth-order valence-corrected chi connectivity index (χ4v) is 2.63. The van der Waals surface area contributed by atoms with Crippen LogP contribution in [-0.2, 0) is 11.3 Å². The summed E-state index contributed by atoms with van der Waals surface area (Å²) in [5.41, 5.74) is 3.05. The van der Waals surface area contributed by atoms with Gasteiger partial charge in [-0.05, 0) is 25.0 Å². The van der Waals surface area contributed by atoms with Crippen LogP contribution >= 0.6 is 0 Å². The number of likely N-dealkylation sites (tertiary alicyclic amines) is 1. The van der Waals surface area contributed by atoms with Crippen LogP contribution in [0.3, 0.4) is 0 Å². The molecule has 1 amide bonds. The molecule has 0 bridgehead atoms. The maximum atomic E-state index is 12.2. The van der Waals surface area contributed by atoms with Crippen LogP contribution in [0.2, 0.25) is 0 Å². The average Bonchev–Trinajstić information content (AvgIpc) is 3.00. The standard InChI is InChI=1S/C15H18N4O/c1-10-3-4-14(19(10)2)15(20)17-9-12-7-11-8-16-6-5-13(11)18-12/h5-8,14,18H,1,3-4,9H2,2H3,(H,17,20). The summed E-state index contributed by atoms with van der Waals surface area (Å²) in [5.74, 6) is 0.0583. The van der Waals surface area contributed by atoms with Crippen molar-refractivity contribution in [2.75, 3.05) is 7.05 Å². The van der Waals surface area contributed by atoms with Gasteiger partial charge in [-0.2, -0.15) is 0 Å². The number of carbonyl (C=O) groups excluding carboxylic acids is 1. The Hall–Kier alpha value is -2.30. The molecule has 104 valence electrons. The molecule has 0 spiro atoms. The van der Waals surface area contributed by atoms with Gasteiger partial charge < -0.3 is 15.2 Å². The topological polar surface area (TPSA) is 61.0 Å². The number of amides is 1. The Labute approximate surface area is 117 Å². The zero-order valence-electron chi connectivity index (χ0n) is 11.5. The van der Waals surface area contributed by atoms with Gasteiger partial charge in [0.2, 0.25) is 5.91 Å². The lowest BCUT2D eigenvalue weighted by molar-refractivity contribution is -0.124. The third-order valence-corrected chi connectivity index (χ3v) is 3.91. The number of carbonyl (C=O) groups is 1. The Morgan fingerprint density at radius 1 is 1.65 bits per heavy atom. The highest BCUT2D eigenvalue weighted by molar-refractivity contribution is 5.83. The first kappa shape index (κ1) is 12.7. The fraction of sp³-hybridized carbons (Fsp3) is 0.333. The highest BCUT2D eigenvalue weighted by atomic mass is 16.2. The van der Waals surface area contributed by atoms with Gasteiger partial charge in [0.25, 0.3) is 0 Å². The molecule has 1 unspecified atom stereocenters. The fourth-order valence-electron chi connectivity index (χ4n) is 2.63. The zero-order chi connectivity index (χ0) is 14.1. The van der Waals surface area contributed by atoms with E-state index in [9.17, 15) is 4.79 Å². The first-order valence-corrected chi connectivity index (χ1v) is 6.75. The van der Waals surface area contributed by atoms with Crippen LogP contribution in [-0.4, -0.2) is 33.9 Å². The molecule has 5 nitrogen and oxygen atoms in total. The van der Waals surface area contributed by atoms with Crippen molar-refractivity contribution in [2.45, 2.75) is 25.4 Å². The van der Waals surface area contributed by atoms with E-state index in [2.05, 4.69) is 21.9 Å². The van der Waals surface area contributed by atoms with Crippen LogP contribution < -0.4 is 5.32 Å². The Bertz CT molecular complexity index is 628. The number of pyridine rings is 1. The van der Waals surface area contributed by atoms with Crippen molar-refractivity contribution in [1.29, 1.82) is 0 Å². The summed E-state index contributed by atoms with van der Waals surface area (Å²) in [6.45, 7) is 4.45. The predicted octanol–water partition coefficient (Wildman–Crippen LogP) is 1.79. The summed E-state index contributed by atoms with van der Waals surface area (Å²) in [6.07, 6.45) is 5.30. The van der Waals surface area contributed by atoms with E-state index < -0.39 is 0 Å². The highest BCUT2D eigenvalue weighted by Crippen LogP contribution is 2.24. The SMILES string of the molecule is C=C1CCC(C(=O)NCc2cc3cnccc3[nH]2)N1C. The van der Waals surface area contributed by atoms with E-state index in [4.69, 9.17) is 0 Å². The van der Waals surface area contributed by atoms with Crippen LogP contribution in [0.15, 0.2) is 36.8 Å². The normalized spacial score (nSPS) is 18.8. The van der Waals surface area contributed by atoms with Crippen LogP contribution in [0.4, 0.5) is 0 Å². The smallest absolute Gasteiger partial charge is 0.243 e. The monoisotopic (exact) mass is 270 g/mol. The van der Waals surface area contributed by atoms with E-state index in [0.29, 0.717) is 6.54 Å². The molecule has 5 heteroatoms. The van der Waals surface area contributed by atoms with Gasteiger partial charge in [0.15, 0.2) is 0 Å². The van der Waals surface area contributed by atoms with Gasteiger partial charge in [-0.1, -0.05) is 6.58 Å². The highest BCUT2D eigenvalue weighted by Gasteiger charge is 2.29. The molecule has 3 rings (SSSR count). The van der Waals surface area contributed by atoms with Gasteiger partial charge in [-0.15, -0.1) is 0 Å². The van der Waals surface area contributed by atoms with Gasteiger partial charge >= 0.3 is 0 Å². The first-order valence-electron chi connectivity index (χ1n) is 6.75. The molecule has 0 radical (unpaired) electrons. The van der Waals surface area contributed by atoms with Crippen molar-refractivity contribution < 1.29 is 4.79 Å². The maximum Gasteiger partial charge on any atom is 0.243 e. The number of allylic oxidation sites excluding steroid dienone is 1. The van der Waals surface area contributed by atoms with E-state index in [-0.39, 0.29) is 11.9 Å². The summed E-state index contributed by atoms with van der Waals surface area (Å²) in [6, 6.07) is 3.85. The number of likely N-dealkylation sites (N-methyl/N-ethyl adjacent to an activating group) is 1. The molecular formula is C15H18N4O. The Morgan fingerprint density at radius 2 is 2.50 bits per heavy atom. The van der Waals surface area contributed by atoms with Gasteiger partial charge in [0, 0.05) is 41.7 Å². The molecule has 1 aliphatic heterocycles. The summed E-state index contributed by atoms with van der Waals surface area (Å²) in [7, 11) is 1.92. The van der Waals surface area contributed by atoms with Crippen molar-refractivity contribution in [3.63, 3.8) is 0 Å². The zero-order valence-corrected chi connectivity index (χ0v) is 11.5. The van der Waals surface area contributed by atoms with Crippen molar-refractivity contribution >= 4 is 16.8 Å². The lowest BCUT2D eigenvalue weighted by atomic mass is 10.2. The van der Waals surface area contributed by atoms with Gasteiger partial charge in [-0.25, -0.2) is 0 Å². The summed E-state index contributed by atoms with van der Waals surface area (Å²) >= 11 is 0. The molecule has 0 aromatic carbocycles. The summed E-state index contributed by atoms with van der Waals surface area (Å²) in [4.78, 5) is 21.5. The number of aromatic amines is 1. The second-order valence-electron chi connectivity index (χ2n) is 5.21. The molecule has 2 N–H and O–H groups in total. The Balaban J connectivity index is 1.64. The predicted molar refractivity (Wildman–Crippen MR) is 77.9 cm³/mol. The van der Waals surface area contributed by atoms with Crippen molar-refractivity contribution in [1.82, 2.24) is 20.2 Å². The minimum Gasteiger partial charge on any atom is -0.367 e. The Morgan fingerprint density at radius 3 is 3.20 bits per heavy atom. The summed E-state index contributed by atoms with van der Waals surface area (Å²) in [5, 5.41) is 4.04. The second-order valence-corrected chi connectivity index (χ2v) is 5.21. The van der Waals surface area contributed by atoms with E-state index in [1.165, 1.54) is 0 Å². The largest absolute Gasteiger partial charge is 0.367 e. The molecule has 1 saturated heterocycles. The van der Waals surface area contributed by atoms with Crippen LogP contribution in [0.25, 0.3) is 10.9 Å². The average molecular weight is 270 g/mol.